The maximum atomic E-state index is 13.6. The number of benzene rings is 4. The van der Waals surface area contributed by atoms with Gasteiger partial charge in [-0.2, -0.15) is 21.4 Å². The summed E-state index contributed by atoms with van der Waals surface area (Å²) in [6, 6.07) is 31.9. The van der Waals surface area contributed by atoms with Crippen LogP contribution in [0.5, 0.6) is 0 Å². The van der Waals surface area contributed by atoms with Gasteiger partial charge in [0, 0.05) is 47.5 Å². The lowest BCUT2D eigenvalue weighted by molar-refractivity contribution is -0.438. The summed E-state index contributed by atoms with van der Waals surface area (Å²) in [5, 5.41) is 0. The van der Waals surface area contributed by atoms with E-state index in [0.29, 0.717) is 56.5 Å². The Kier molecular flexibility index (Phi) is 14.4. The molecule has 10 nitrogen and oxygen atoms in total. The first-order valence-corrected chi connectivity index (χ1v) is 27.7. The average Bonchev–Trinajstić information content (AvgIpc) is 3.75. The molecule has 2 aliphatic heterocycles. The monoisotopic (exact) mass is 951 g/mol. The molecule has 4 aromatic rings. The van der Waals surface area contributed by atoms with Crippen molar-refractivity contribution in [3.63, 3.8) is 0 Å². The van der Waals surface area contributed by atoms with E-state index in [9.17, 15) is 34.4 Å². The highest BCUT2D eigenvalue weighted by Crippen LogP contribution is 2.50. The summed E-state index contributed by atoms with van der Waals surface area (Å²) in [6.45, 7) is 14.0. The predicted molar refractivity (Wildman–Crippen MR) is 268 cm³/mol. The van der Waals surface area contributed by atoms with E-state index in [1.165, 1.54) is 11.1 Å². The normalized spacial score (nSPS) is 18.5. The van der Waals surface area contributed by atoms with Gasteiger partial charge in [0.25, 0.3) is 20.2 Å². The van der Waals surface area contributed by atoms with Gasteiger partial charge in [-0.15, -0.1) is 0 Å². The van der Waals surface area contributed by atoms with Crippen LogP contribution in [-0.2, 0) is 40.9 Å². The van der Waals surface area contributed by atoms with Gasteiger partial charge in [0.2, 0.25) is 5.69 Å². The molecule has 3 aliphatic rings. The lowest BCUT2D eigenvalue weighted by atomic mass is 9.81. The Morgan fingerprint density at radius 3 is 1.95 bits per heavy atom. The third kappa shape index (κ3) is 10.8. The third-order valence-corrected chi connectivity index (χ3v) is 16.8. The highest BCUT2D eigenvalue weighted by molar-refractivity contribution is 7.91. The number of fused-ring (bicyclic) bond motifs is 3. The molecule has 0 saturated heterocycles. The molecule has 66 heavy (non-hydrogen) atoms. The fourth-order valence-corrected chi connectivity index (χ4v) is 12.5. The summed E-state index contributed by atoms with van der Waals surface area (Å²) in [4.78, 5) is 2.59. The van der Waals surface area contributed by atoms with E-state index in [0.717, 1.165) is 56.2 Å². The van der Waals surface area contributed by atoms with E-state index in [4.69, 9.17) is 0 Å². The van der Waals surface area contributed by atoms with Crippen molar-refractivity contribution in [2.75, 3.05) is 35.2 Å². The van der Waals surface area contributed by atoms with Gasteiger partial charge in [-0.1, -0.05) is 105 Å². The average molecular weight is 952 g/mol. The molecule has 13 heteroatoms. The SMILES string of the molecule is Cc1ccc(S(=O)(=O)CCC(C)CC2=C(/C=C/C3=[N+](CCCCS(=O)(=O)O)c4ccccc4C3(C)C)c3ccccc3/C2=C\C=C2\N(CCCCS(=O)(=O)O)c3ccccc3C2(C)C)cc1. The van der Waals surface area contributed by atoms with Crippen LogP contribution in [0.2, 0.25) is 0 Å². The molecule has 0 spiro atoms. The van der Waals surface area contributed by atoms with E-state index < -0.39 is 30.1 Å². The van der Waals surface area contributed by atoms with E-state index in [-0.39, 0.29) is 34.0 Å². The van der Waals surface area contributed by atoms with Gasteiger partial charge in [0.1, 0.15) is 6.54 Å². The second-order valence-corrected chi connectivity index (χ2v) is 24.3. The highest BCUT2D eigenvalue weighted by Gasteiger charge is 2.44. The Hall–Kier alpha value is -4.92. The van der Waals surface area contributed by atoms with Gasteiger partial charge in [-0.05, 0) is 123 Å². The van der Waals surface area contributed by atoms with Crippen molar-refractivity contribution in [1.82, 2.24) is 0 Å². The summed E-state index contributed by atoms with van der Waals surface area (Å²) in [6.07, 6.45) is 11.6. The standard InChI is InChI=1S/C53H62N2O8S3/c1-38-23-25-40(26-24-38)64(56,57)36-31-39(2)37-45-43(27-29-50-52(3,4)46-19-9-11-21-48(46)54(50)32-13-15-34-65(58,59)60)41-17-7-8-18-42(41)44(45)28-30-51-53(5,6)47-20-10-12-22-49(47)55(51)33-14-16-35-66(61,62)63/h7-12,17-30,39H,13-16,31-37H2,1-6H3,(H-,58,59,60,61,62,63)/p+1. The number of nitrogens with zero attached hydrogens (tertiary/aromatic N) is 2. The van der Waals surface area contributed by atoms with Crippen molar-refractivity contribution < 1.29 is 38.9 Å². The number of unbranched alkanes of at least 4 members (excludes halogenated alkanes) is 2. The maximum Gasteiger partial charge on any atom is 0.264 e. The molecule has 1 aliphatic carbocycles. The number of aryl methyl sites for hydroxylation is 1. The Balaban J connectivity index is 1.33. The van der Waals surface area contributed by atoms with Crippen molar-refractivity contribution in [3.05, 3.63) is 160 Å². The Labute approximate surface area is 392 Å². The predicted octanol–water partition coefficient (Wildman–Crippen LogP) is 10.7. The van der Waals surface area contributed by atoms with Crippen LogP contribution >= 0.6 is 0 Å². The molecule has 0 radical (unpaired) electrons. The number of hydrogen-bond acceptors (Lipinski definition) is 7. The molecule has 4 aromatic carbocycles. The molecule has 1 atom stereocenters. The van der Waals surface area contributed by atoms with Crippen LogP contribution in [0, 0.1) is 12.8 Å². The summed E-state index contributed by atoms with van der Waals surface area (Å²) < 4.78 is 94.8. The molecule has 350 valence electrons. The minimum absolute atomic E-state index is 0.0143. The van der Waals surface area contributed by atoms with Crippen molar-refractivity contribution in [1.29, 1.82) is 0 Å². The van der Waals surface area contributed by atoms with E-state index in [1.807, 2.05) is 55.5 Å². The minimum atomic E-state index is -4.08. The summed E-state index contributed by atoms with van der Waals surface area (Å²) in [5.41, 5.74) is 12.1. The summed E-state index contributed by atoms with van der Waals surface area (Å²) in [7, 11) is -11.7. The van der Waals surface area contributed by atoms with Crippen LogP contribution in [0.4, 0.5) is 11.4 Å². The van der Waals surface area contributed by atoms with Crippen LogP contribution in [0.25, 0.3) is 11.1 Å². The molecule has 1 unspecified atom stereocenters. The van der Waals surface area contributed by atoms with Crippen molar-refractivity contribution >= 4 is 58.3 Å². The molecule has 0 fully saturated rings. The van der Waals surface area contributed by atoms with Crippen LogP contribution in [-0.4, -0.2) is 75.0 Å². The molecule has 2 heterocycles. The quantitative estimate of drug-likeness (QED) is 0.0532. The third-order valence-electron chi connectivity index (χ3n) is 13.5. The van der Waals surface area contributed by atoms with Gasteiger partial charge in [0.05, 0.1) is 27.6 Å². The lowest BCUT2D eigenvalue weighted by Gasteiger charge is -2.27. The van der Waals surface area contributed by atoms with Crippen molar-refractivity contribution in [2.45, 2.75) is 95.8 Å². The number of allylic oxidation sites excluding steroid dienone is 8. The van der Waals surface area contributed by atoms with E-state index >= 15 is 0 Å². The van der Waals surface area contributed by atoms with Gasteiger partial charge in [-0.25, -0.2) is 8.42 Å². The Morgan fingerprint density at radius 1 is 0.667 bits per heavy atom. The first kappa shape index (κ1) is 49.0. The molecule has 0 amide bonds. The smallest absolute Gasteiger partial charge is 0.264 e. The number of hydrogen-bond donors (Lipinski definition) is 2. The van der Waals surface area contributed by atoms with Gasteiger partial charge in [-0.3, -0.25) is 9.11 Å². The zero-order valence-corrected chi connectivity index (χ0v) is 41.3. The highest BCUT2D eigenvalue weighted by atomic mass is 32.2. The van der Waals surface area contributed by atoms with E-state index in [1.54, 1.807) is 12.1 Å². The lowest BCUT2D eigenvalue weighted by Crippen LogP contribution is -2.28. The largest absolute Gasteiger partial charge is 0.344 e. The van der Waals surface area contributed by atoms with Crippen molar-refractivity contribution in [2.24, 2.45) is 5.92 Å². The topological polar surface area (TPSA) is 149 Å². The molecule has 0 bridgehead atoms. The Morgan fingerprint density at radius 2 is 1.27 bits per heavy atom. The molecule has 2 N–H and O–H groups in total. The van der Waals surface area contributed by atoms with Crippen LogP contribution in [0.1, 0.15) is 101 Å². The minimum Gasteiger partial charge on any atom is -0.344 e. The molecular weight excluding hydrogens is 889 g/mol. The first-order chi connectivity index (χ1) is 31.1. The van der Waals surface area contributed by atoms with Crippen LogP contribution < -0.4 is 4.90 Å². The zero-order valence-electron chi connectivity index (χ0n) is 38.9. The van der Waals surface area contributed by atoms with Crippen LogP contribution in [0.15, 0.2) is 138 Å². The fraction of sp³-hybridized carbons (Fsp3) is 0.377. The van der Waals surface area contributed by atoms with Crippen molar-refractivity contribution in [3.8, 4) is 0 Å². The number of rotatable bonds is 19. The zero-order chi connectivity index (χ0) is 47.7. The van der Waals surface area contributed by atoms with Crippen LogP contribution in [0.3, 0.4) is 0 Å². The Bertz CT molecular complexity index is 3000. The first-order valence-electron chi connectivity index (χ1n) is 22.8. The second-order valence-electron chi connectivity index (χ2n) is 19.1. The fourth-order valence-electron chi connectivity index (χ4n) is 9.89. The second kappa shape index (κ2) is 19.4. The number of sulfone groups is 1. The number of para-hydroxylation sites is 2. The molecule has 0 saturated carbocycles. The number of anilines is 1. The summed E-state index contributed by atoms with van der Waals surface area (Å²) >= 11 is 0. The maximum absolute atomic E-state index is 13.6. The van der Waals surface area contributed by atoms with Gasteiger partial charge in [0.15, 0.2) is 15.5 Å². The summed E-state index contributed by atoms with van der Waals surface area (Å²) in [5.74, 6) is -0.592. The van der Waals surface area contributed by atoms with Gasteiger partial charge < -0.3 is 4.90 Å². The molecule has 7 rings (SSSR count). The van der Waals surface area contributed by atoms with E-state index in [2.05, 4.69) is 105 Å². The molecule has 0 aromatic heterocycles. The molecular formula is C53H63N2O8S3+. The van der Waals surface area contributed by atoms with Gasteiger partial charge >= 0.3 is 0 Å².